The maximum absolute atomic E-state index is 11.6. The minimum atomic E-state index is -4.25. The molecule has 0 bridgehead atoms. The molecule has 7 heteroatoms. The quantitative estimate of drug-likeness (QED) is 0.582. The molecule has 0 radical (unpaired) electrons. The first-order valence-corrected chi connectivity index (χ1v) is 9.32. The predicted molar refractivity (Wildman–Crippen MR) is 93.9 cm³/mol. The van der Waals surface area contributed by atoms with Gasteiger partial charge in [0.25, 0.3) is 10.1 Å². The summed E-state index contributed by atoms with van der Waals surface area (Å²) in [5, 5.41) is 2.62. The fourth-order valence-corrected chi connectivity index (χ4v) is 3.13. The maximum Gasteiger partial charge on any atom is 0.407 e. The average molecular weight is 363 g/mol. The van der Waals surface area contributed by atoms with E-state index < -0.39 is 16.2 Å². The van der Waals surface area contributed by atoms with Gasteiger partial charge >= 0.3 is 6.09 Å². The molecule has 0 aliphatic carbocycles. The van der Waals surface area contributed by atoms with Gasteiger partial charge in [0.05, 0.1) is 4.90 Å². The number of hydrogen-bond acceptors (Lipinski definition) is 4. The lowest BCUT2D eigenvalue weighted by atomic mass is 10.1. The number of benzene rings is 2. The molecule has 2 rings (SSSR count). The third-order valence-electron chi connectivity index (χ3n) is 3.60. The van der Waals surface area contributed by atoms with E-state index in [4.69, 9.17) is 4.74 Å². The summed E-state index contributed by atoms with van der Waals surface area (Å²) in [4.78, 5) is 11.5. The fourth-order valence-electron chi connectivity index (χ4n) is 2.40. The molecular weight excluding hydrogens is 342 g/mol. The molecule has 0 heterocycles. The Hall–Kier alpha value is -2.38. The highest BCUT2D eigenvalue weighted by Crippen LogP contribution is 2.18. The molecule has 0 saturated heterocycles. The summed E-state index contributed by atoms with van der Waals surface area (Å²) in [5.74, 6) is 0. The number of carbonyl (C=O) groups is 1. The van der Waals surface area contributed by atoms with Crippen LogP contribution in [0, 0.1) is 6.92 Å². The van der Waals surface area contributed by atoms with Crippen LogP contribution < -0.4 is 5.32 Å². The van der Waals surface area contributed by atoms with Crippen LogP contribution in [0.15, 0.2) is 53.4 Å². The van der Waals surface area contributed by atoms with Crippen molar-refractivity contribution in [2.75, 3.05) is 6.54 Å². The van der Waals surface area contributed by atoms with Crippen molar-refractivity contribution >= 4 is 16.2 Å². The zero-order valence-electron chi connectivity index (χ0n) is 13.9. The van der Waals surface area contributed by atoms with Crippen molar-refractivity contribution in [3.8, 4) is 0 Å². The normalized spacial score (nSPS) is 11.1. The molecule has 0 fully saturated rings. The summed E-state index contributed by atoms with van der Waals surface area (Å²) in [6.45, 7) is 2.38. The van der Waals surface area contributed by atoms with Gasteiger partial charge in [-0.25, -0.2) is 4.79 Å². The highest BCUT2D eigenvalue weighted by Gasteiger charge is 2.15. The molecule has 2 aromatic rings. The summed E-state index contributed by atoms with van der Waals surface area (Å²) in [5.41, 5.74) is 2.33. The second-order valence-corrected chi connectivity index (χ2v) is 7.07. The molecule has 0 saturated carbocycles. The van der Waals surface area contributed by atoms with Crippen LogP contribution in [0.3, 0.4) is 0 Å². The maximum atomic E-state index is 11.6. The molecule has 1 amide bonds. The standard InChI is InChI=1S/C18H21NO5S/c1-14-9-10-17(25(21,22)23)16(12-14)8-5-11-19-18(20)24-13-15-6-3-2-4-7-15/h2-4,6-7,9-10,12H,5,8,11,13H2,1H3,(H,19,20)(H,21,22,23). The van der Waals surface area contributed by atoms with Crippen molar-refractivity contribution in [1.82, 2.24) is 5.32 Å². The Labute approximate surface area is 147 Å². The van der Waals surface area contributed by atoms with E-state index >= 15 is 0 Å². The molecule has 0 aliphatic heterocycles. The molecule has 2 N–H and O–H groups in total. The van der Waals surface area contributed by atoms with Crippen LogP contribution >= 0.6 is 0 Å². The molecular formula is C18H21NO5S. The van der Waals surface area contributed by atoms with Gasteiger partial charge in [-0.3, -0.25) is 4.55 Å². The third kappa shape index (κ3) is 6.21. The van der Waals surface area contributed by atoms with E-state index in [1.54, 1.807) is 12.1 Å². The Morgan fingerprint density at radius 3 is 2.56 bits per heavy atom. The predicted octanol–water partition coefficient (Wildman–Crippen LogP) is 3.10. The summed E-state index contributed by atoms with van der Waals surface area (Å²) in [7, 11) is -4.25. The summed E-state index contributed by atoms with van der Waals surface area (Å²) in [6, 6.07) is 14.1. The molecule has 2 aromatic carbocycles. The smallest absolute Gasteiger partial charge is 0.407 e. The summed E-state index contributed by atoms with van der Waals surface area (Å²) in [6.07, 6.45) is 0.408. The molecule has 0 atom stereocenters. The van der Waals surface area contributed by atoms with Crippen molar-refractivity contribution in [3.63, 3.8) is 0 Å². The molecule has 134 valence electrons. The first-order valence-electron chi connectivity index (χ1n) is 7.88. The monoisotopic (exact) mass is 363 g/mol. The average Bonchev–Trinajstić information content (AvgIpc) is 2.57. The lowest BCUT2D eigenvalue weighted by Gasteiger charge is -2.10. The molecule has 0 aliphatic rings. The van der Waals surface area contributed by atoms with E-state index in [9.17, 15) is 17.8 Å². The Morgan fingerprint density at radius 2 is 1.88 bits per heavy atom. The van der Waals surface area contributed by atoms with Crippen LogP contribution in [-0.4, -0.2) is 25.6 Å². The van der Waals surface area contributed by atoms with Crippen molar-refractivity contribution < 1.29 is 22.5 Å². The van der Waals surface area contributed by atoms with E-state index in [2.05, 4.69) is 5.32 Å². The first kappa shape index (κ1) is 19.0. The van der Waals surface area contributed by atoms with Crippen molar-refractivity contribution in [2.24, 2.45) is 0 Å². The van der Waals surface area contributed by atoms with E-state index in [1.807, 2.05) is 37.3 Å². The second-order valence-electron chi connectivity index (χ2n) is 5.68. The second kappa shape index (κ2) is 8.64. The number of alkyl carbamates (subject to hydrolysis) is 1. The Kier molecular flexibility index (Phi) is 6.55. The number of nitrogens with one attached hydrogen (secondary N) is 1. The Balaban J connectivity index is 1.79. The van der Waals surface area contributed by atoms with Crippen molar-refractivity contribution in [2.45, 2.75) is 31.3 Å². The number of hydrogen-bond donors (Lipinski definition) is 2. The van der Waals surface area contributed by atoms with E-state index in [1.165, 1.54) is 6.07 Å². The van der Waals surface area contributed by atoms with Gasteiger partial charge in [-0.2, -0.15) is 8.42 Å². The van der Waals surface area contributed by atoms with Gasteiger partial charge in [0.1, 0.15) is 6.61 Å². The van der Waals surface area contributed by atoms with Gasteiger partial charge < -0.3 is 10.1 Å². The first-order chi connectivity index (χ1) is 11.9. The number of amides is 1. The minimum absolute atomic E-state index is 0.0928. The molecule has 6 nitrogen and oxygen atoms in total. The van der Waals surface area contributed by atoms with Crippen molar-refractivity contribution in [1.29, 1.82) is 0 Å². The van der Waals surface area contributed by atoms with Gasteiger partial charge in [-0.15, -0.1) is 0 Å². The number of ether oxygens (including phenoxy) is 1. The molecule has 0 spiro atoms. The Morgan fingerprint density at radius 1 is 1.16 bits per heavy atom. The number of rotatable bonds is 7. The largest absolute Gasteiger partial charge is 0.445 e. The van der Waals surface area contributed by atoms with Gasteiger partial charge in [0.15, 0.2) is 0 Å². The molecule has 25 heavy (non-hydrogen) atoms. The SMILES string of the molecule is Cc1ccc(S(=O)(=O)O)c(CCCNC(=O)OCc2ccccc2)c1. The van der Waals surface area contributed by atoms with Crippen LogP contribution in [0.5, 0.6) is 0 Å². The van der Waals surface area contributed by atoms with Gasteiger partial charge in [0.2, 0.25) is 0 Å². The molecule has 0 aromatic heterocycles. The van der Waals surface area contributed by atoms with Crippen molar-refractivity contribution in [3.05, 3.63) is 65.2 Å². The van der Waals surface area contributed by atoms with Gasteiger partial charge in [0, 0.05) is 6.54 Å². The summed E-state index contributed by atoms with van der Waals surface area (Å²) < 4.78 is 37.1. The third-order valence-corrected chi connectivity index (χ3v) is 4.55. The zero-order valence-corrected chi connectivity index (χ0v) is 14.8. The van der Waals surface area contributed by atoms with E-state index in [0.29, 0.717) is 24.9 Å². The lowest BCUT2D eigenvalue weighted by molar-refractivity contribution is 0.139. The topological polar surface area (TPSA) is 92.7 Å². The van der Waals surface area contributed by atoms with Crippen LogP contribution in [0.25, 0.3) is 0 Å². The lowest BCUT2D eigenvalue weighted by Crippen LogP contribution is -2.25. The zero-order chi connectivity index (χ0) is 18.3. The van der Waals surface area contributed by atoms with Crippen LogP contribution in [-0.2, 0) is 27.9 Å². The van der Waals surface area contributed by atoms with Crippen LogP contribution in [0.1, 0.15) is 23.1 Å². The Bertz CT molecular complexity index is 819. The van der Waals surface area contributed by atoms with E-state index in [0.717, 1.165) is 11.1 Å². The summed E-state index contributed by atoms with van der Waals surface area (Å²) >= 11 is 0. The van der Waals surface area contributed by atoms with E-state index in [-0.39, 0.29) is 11.5 Å². The van der Waals surface area contributed by atoms with Crippen LogP contribution in [0.4, 0.5) is 4.79 Å². The molecule has 0 unspecified atom stereocenters. The fraction of sp³-hybridized carbons (Fsp3) is 0.278. The highest BCUT2D eigenvalue weighted by atomic mass is 32.2. The van der Waals surface area contributed by atoms with Crippen LogP contribution in [0.2, 0.25) is 0 Å². The van der Waals surface area contributed by atoms with Gasteiger partial charge in [-0.1, -0.05) is 48.0 Å². The number of aryl methyl sites for hydroxylation is 2. The van der Waals surface area contributed by atoms with Gasteiger partial charge in [-0.05, 0) is 37.0 Å². The number of carbonyl (C=O) groups excluding carboxylic acids is 1. The minimum Gasteiger partial charge on any atom is -0.445 e. The highest BCUT2D eigenvalue weighted by molar-refractivity contribution is 7.85.